The first-order valence-corrected chi connectivity index (χ1v) is 12.8. The molecule has 192 valence electrons. The number of aliphatic imine (C=N–C) groups is 1. The lowest BCUT2D eigenvalue weighted by atomic mass is 9.95. The van der Waals surface area contributed by atoms with Crippen molar-refractivity contribution in [2.24, 2.45) is 10.9 Å². The molecule has 2 aliphatic heterocycles. The van der Waals surface area contributed by atoms with Crippen LogP contribution in [0.1, 0.15) is 25.3 Å². The van der Waals surface area contributed by atoms with Crippen LogP contribution in [-0.2, 0) is 4.79 Å². The minimum absolute atomic E-state index is 0.0908. The van der Waals surface area contributed by atoms with Gasteiger partial charge in [-0.1, -0.05) is 12.1 Å². The number of nitrogens with one attached hydrogen (secondary N) is 1. The molecule has 0 aliphatic carbocycles. The smallest absolute Gasteiger partial charge is 0.225 e. The zero-order valence-corrected chi connectivity index (χ0v) is 22.2. The number of benzene rings is 1. The number of aromatic nitrogens is 2. The van der Waals surface area contributed by atoms with E-state index >= 15 is 0 Å². The summed E-state index contributed by atoms with van der Waals surface area (Å²) in [4.78, 5) is 23.7. The van der Waals surface area contributed by atoms with E-state index in [1.54, 1.807) is 6.20 Å². The summed E-state index contributed by atoms with van der Waals surface area (Å²) in [5.41, 5.74) is 6.92. The van der Waals surface area contributed by atoms with Crippen LogP contribution in [0.5, 0.6) is 0 Å². The Hall–Kier alpha value is -3.24. The summed E-state index contributed by atoms with van der Waals surface area (Å²) in [5, 5.41) is 6.81. The average molecular weight is 509 g/mol. The quantitative estimate of drug-likeness (QED) is 0.365. The van der Waals surface area contributed by atoms with Gasteiger partial charge in [-0.3, -0.25) is 20.2 Å². The lowest BCUT2D eigenvalue weighted by Crippen LogP contribution is -2.53. The van der Waals surface area contributed by atoms with E-state index in [0.29, 0.717) is 11.0 Å². The Bertz CT molecular complexity index is 1080. The molecule has 4 rings (SSSR count). The minimum atomic E-state index is 0.0908. The molecule has 1 aromatic carbocycles. The largest absolute Gasteiger partial charge is 0.348 e. The van der Waals surface area contributed by atoms with Crippen LogP contribution in [-0.4, -0.2) is 101 Å². The van der Waals surface area contributed by atoms with Gasteiger partial charge in [0.05, 0.1) is 17.1 Å². The summed E-state index contributed by atoms with van der Waals surface area (Å²) in [6, 6.07) is 9.93. The first-order chi connectivity index (χ1) is 17.4. The van der Waals surface area contributed by atoms with E-state index in [1.807, 2.05) is 65.1 Å². The highest BCUT2D eigenvalue weighted by Crippen LogP contribution is 2.23. The number of likely N-dealkylation sites (N-methyl/N-ethyl adjacent to an activating group) is 1. The molecule has 0 bridgehead atoms. The van der Waals surface area contributed by atoms with E-state index in [4.69, 9.17) is 12.2 Å². The number of allylic oxidation sites excluding steroid dienone is 1. The predicted molar refractivity (Wildman–Crippen MR) is 148 cm³/mol. The number of thiocarbonyl (C=S) groups is 1. The van der Waals surface area contributed by atoms with Crippen LogP contribution in [0, 0.1) is 5.92 Å². The number of hydrogen-bond acceptors (Lipinski definition) is 6. The number of likely N-dealkylation sites (tertiary alicyclic amines) is 1. The Labute approximate surface area is 219 Å². The molecule has 0 atom stereocenters. The SMILES string of the molecule is C=N/C(=C(/C)N(C)NC(=S)N1CCC(C(=O)N2CCN(C)CC2)CC1)c1ccc(-n2cccn2)cc1. The number of nitrogens with zero attached hydrogens (tertiary/aromatic N) is 7. The van der Waals surface area contributed by atoms with Gasteiger partial charge in [-0.2, -0.15) is 5.10 Å². The van der Waals surface area contributed by atoms with Gasteiger partial charge >= 0.3 is 0 Å². The standard InChI is InChI=1S/C26H36N8OS/c1-20(24(27-2)21-6-8-23(9-7-21)34-13-5-12-28-34)31(4)29-26(36)33-14-10-22(11-15-33)25(35)32-18-16-30(3)17-19-32/h5-9,12-13,22H,2,10-11,14-19H2,1,3-4H3,(H,29,36)/b24-20-. The van der Waals surface area contributed by atoms with Crippen molar-refractivity contribution in [3.05, 3.63) is 54.0 Å². The van der Waals surface area contributed by atoms with Crippen LogP contribution in [0.2, 0.25) is 0 Å². The summed E-state index contributed by atoms with van der Waals surface area (Å²) < 4.78 is 1.81. The maximum Gasteiger partial charge on any atom is 0.225 e. The second kappa shape index (κ2) is 11.7. The van der Waals surface area contributed by atoms with Gasteiger partial charge in [0.1, 0.15) is 0 Å². The first kappa shape index (κ1) is 25.8. The summed E-state index contributed by atoms with van der Waals surface area (Å²) in [6.45, 7) is 10.9. The monoisotopic (exact) mass is 508 g/mol. The fourth-order valence-corrected chi connectivity index (χ4v) is 5.00. The van der Waals surface area contributed by atoms with Crippen LogP contribution in [0.3, 0.4) is 0 Å². The summed E-state index contributed by atoms with van der Waals surface area (Å²) in [5.74, 6) is 0.394. The maximum atomic E-state index is 12.9. The fraction of sp³-hybridized carbons (Fsp3) is 0.462. The van der Waals surface area contributed by atoms with Gasteiger partial charge in [-0.05, 0) is 63.9 Å². The van der Waals surface area contributed by atoms with Gasteiger partial charge in [-0.15, -0.1) is 0 Å². The van der Waals surface area contributed by atoms with E-state index in [1.165, 1.54) is 0 Å². The topological polar surface area (TPSA) is 72.2 Å². The van der Waals surface area contributed by atoms with Crippen molar-refractivity contribution in [3.63, 3.8) is 0 Å². The van der Waals surface area contributed by atoms with Gasteiger partial charge in [-0.25, -0.2) is 4.68 Å². The van der Waals surface area contributed by atoms with Gasteiger partial charge in [0.25, 0.3) is 0 Å². The number of hydrogen-bond donors (Lipinski definition) is 1. The third kappa shape index (κ3) is 5.93. The zero-order chi connectivity index (χ0) is 25.7. The molecule has 36 heavy (non-hydrogen) atoms. The van der Waals surface area contributed by atoms with Crippen molar-refractivity contribution >= 4 is 35.7 Å². The van der Waals surface area contributed by atoms with E-state index in [0.717, 1.165) is 74.8 Å². The maximum absolute atomic E-state index is 12.9. The predicted octanol–water partition coefficient (Wildman–Crippen LogP) is 2.47. The summed E-state index contributed by atoms with van der Waals surface area (Å²) in [7, 11) is 4.03. The normalized spacial score (nSPS) is 18.0. The van der Waals surface area contributed by atoms with Crippen molar-refractivity contribution in [2.75, 3.05) is 53.4 Å². The van der Waals surface area contributed by atoms with Gasteiger partial charge in [0, 0.05) is 70.2 Å². The summed E-state index contributed by atoms with van der Waals surface area (Å²) in [6.07, 6.45) is 5.32. The van der Waals surface area contributed by atoms with Gasteiger partial charge in [0.15, 0.2) is 5.11 Å². The first-order valence-electron chi connectivity index (χ1n) is 12.4. The van der Waals surface area contributed by atoms with Gasteiger partial charge in [0.2, 0.25) is 5.91 Å². The fourth-order valence-electron chi connectivity index (χ4n) is 4.68. The van der Waals surface area contributed by atoms with Crippen LogP contribution < -0.4 is 5.43 Å². The molecule has 0 spiro atoms. The minimum Gasteiger partial charge on any atom is -0.348 e. The molecule has 3 heterocycles. The van der Waals surface area contributed by atoms with E-state index in [9.17, 15) is 4.79 Å². The second-order valence-corrected chi connectivity index (χ2v) is 9.84. The van der Waals surface area contributed by atoms with Crippen molar-refractivity contribution < 1.29 is 4.79 Å². The Balaban J connectivity index is 1.32. The van der Waals surface area contributed by atoms with Crippen molar-refractivity contribution in [3.8, 4) is 5.69 Å². The van der Waals surface area contributed by atoms with E-state index in [2.05, 4.69) is 39.1 Å². The number of rotatable bonds is 6. The highest BCUT2D eigenvalue weighted by Gasteiger charge is 2.30. The number of piperidine rings is 1. The van der Waals surface area contributed by atoms with Crippen LogP contribution in [0.25, 0.3) is 11.4 Å². The van der Waals surface area contributed by atoms with E-state index < -0.39 is 0 Å². The second-order valence-electron chi connectivity index (χ2n) is 9.46. The molecule has 0 unspecified atom stereocenters. The molecule has 2 saturated heterocycles. The van der Waals surface area contributed by atoms with Crippen LogP contribution in [0.15, 0.2) is 53.4 Å². The number of carbonyl (C=O) groups excluding carboxylic acids is 1. The number of piperazine rings is 1. The molecule has 2 aliphatic rings. The Morgan fingerprint density at radius 3 is 2.36 bits per heavy atom. The number of carbonyl (C=O) groups is 1. The lowest BCUT2D eigenvalue weighted by molar-refractivity contribution is -0.138. The van der Waals surface area contributed by atoms with Crippen LogP contribution in [0.4, 0.5) is 0 Å². The van der Waals surface area contributed by atoms with E-state index in [-0.39, 0.29) is 5.92 Å². The molecule has 10 heteroatoms. The van der Waals surface area contributed by atoms with Crippen molar-refractivity contribution in [1.29, 1.82) is 0 Å². The molecule has 1 N–H and O–H groups in total. The molecular formula is C26H36N8OS. The van der Waals surface area contributed by atoms with Crippen molar-refractivity contribution in [2.45, 2.75) is 19.8 Å². The molecule has 2 fully saturated rings. The molecule has 1 aromatic heterocycles. The van der Waals surface area contributed by atoms with Crippen LogP contribution >= 0.6 is 12.2 Å². The molecular weight excluding hydrogens is 472 g/mol. The Kier molecular flexibility index (Phi) is 8.37. The number of hydrazine groups is 1. The lowest BCUT2D eigenvalue weighted by Gasteiger charge is -2.38. The third-order valence-corrected chi connectivity index (χ3v) is 7.47. The summed E-state index contributed by atoms with van der Waals surface area (Å²) >= 11 is 5.71. The molecule has 9 nitrogen and oxygen atoms in total. The third-order valence-electron chi connectivity index (χ3n) is 7.12. The Morgan fingerprint density at radius 1 is 1.11 bits per heavy atom. The highest BCUT2D eigenvalue weighted by molar-refractivity contribution is 7.80. The molecule has 0 saturated carbocycles. The zero-order valence-electron chi connectivity index (χ0n) is 21.4. The van der Waals surface area contributed by atoms with Gasteiger partial charge < -0.3 is 14.7 Å². The number of amides is 1. The van der Waals surface area contributed by atoms with Crippen molar-refractivity contribution in [1.82, 2.24) is 34.9 Å². The molecule has 1 amide bonds. The molecule has 0 radical (unpaired) electrons. The highest BCUT2D eigenvalue weighted by atomic mass is 32.1. The molecule has 2 aromatic rings. The average Bonchev–Trinajstić information content (AvgIpc) is 3.45. The Morgan fingerprint density at radius 2 is 1.78 bits per heavy atom.